The van der Waals surface area contributed by atoms with Gasteiger partial charge >= 0.3 is 0 Å². The molecule has 154 valence electrons. The Morgan fingerprint density at radius 1 is 0.633 bits per heavy atom. The minimum atomic E-state index is -0.101. The fourth-order valence-corrected chi connectivity index (χ4v) is 4.20. The molecule has 4 rings (SSSR count). The highest BCUT2D eigenvalue weighted by Crippen LogP contribution is 2.44. The van der Waals surface area contributed by atoms with E-state index in [1.807, 2.05) is 30.3 Å². The van der Waals surface area contributed by atoms with E-state index < -0.39 is 0 Å². The molecule has 0 saturated heterocycles. The molecule has 0 atom stereocenters. The normalized spacial score (nSPS) is 14.2. The second-order valence-electron chi connectivity index (χ2n) is 10.5. The van der Waals surface area contributed by atoms with Gasteiger partial charge in [0.05, 0.1) is 0 Å². The van der Waals surface area contributed by atoms with Gasteiger partial charge in [-0.1, -0.05) is 102 Å². The fraction of sp³-hybridized carbons (Fsp3) is 0.310. The first-order valence-electron chi connectivity index (χ1n) is 10.8. The summed E-state index contributed by atoms with van der Waals surface area (Å²) in [5.74, 6) is -0.101. The topological polar surface area (TPSA) is 0 Å². The van der Waals surface area contributed by atoms with Gasteiger partial charge in [-0.3, -0.25) is 0 Å². The lowest BCUT2D eigenvalue weighted by Crippen LogP contribution is -2.12. The highest BCUT2D eigenvalue weighted by molar-refractivity contribution is 5.96. The van der Waals surface area contributed by atoms with Gasteiger partial charge in [0, 0.05) is 17.6 Å². The van der Waals surface area contributed by atoms with Crippen molar-refractivity contribution in [3.8, 4) is 11.1 Å². The maximum atomic E-state index is 16.1. The zero-order valence-corrected chi connectivity index (χ0v) is 18.9. The van der Waals surface area contributed by atoms with Crippen LogP contribution >= 0.6 is 0 Å². The number of halogens is 1. The fourth-order valence-electron chi connectivity index (χ4n) is 4.20. The summed E-state index contributed by atoms with van der Waals surface area (Å²) in [6, 6.07) is 23.0. The van der Waals surface area contributed by atoms with Crippen molar-refractivity contribution in [1.82, 2.24) is 0 Å². The lowest BCUT2D eigenvalue weighted by Gasteiger charge is -2.23. The van der Waals surface area contributed by atoms with Crippen LogP contribution in [0.5, 0.6) is 0 Å². The van der Waals surface area contributed by atoms with Gasteiger partial charge in [0.25, 0.3) is 0 Å². The quantitative estimate of drug-likeness (QED) is 0.386. The third-order valence-corrected chi connectivity index (χ3v) is 6.14. The van der Waals surface area contributed by atoms with Gasteiger partial charge in [-0.25, -0.2) is 4.39 Å². The van der Waals surface area contributed by atoms with E-state index in [-0.39, 0.29) is 16.7 Å². The Hall–Kier alpha value is -2.67. The molecule has 0 aliphatic heterocycles. The van der Waals surface area contributed by atoms with Crippen LogP contribution in [0.15, 0.2) is 66.7 Å². The first kappa shape index (κ1) is 20.6. The molecule has 0 N–H and O–H groups in total. The molecular formula is C29H31F. The van der Waals surface area contributed by atoms with Crippen molar-refractivity contribution in [3.63, 3.8) is 0 Å². The summed E-state index contributed by atoms with van der Waals surface area (Å²) in [4.78, 5) is 0. The van der Waals surface area contributed by atoms with Crippen LogP contribution in [0.1, 0.15) is 69.4 Å². The van der Waals surface area contributed by atoms with Gasteiger partial charge in [0.2, 0.25) is 0 Å². The first-order valence-corrected chi connectivity index (χ1v) is 10.8. The molecule has 0 nitrogen and oxygen atoms in total. The molecule has 1 aliphatic rings. The molecule has 1 aliphatic carbocycles. The van der Waals surface area contributed by atoms with Crippen LogP contribution in [-0.4, -0.2) is 0 Å². The molecule has 3 aromatic carbocycles. The summed E-state index contributed by atoms with van der Waals surface area (Å²) in [5, 5.41) is 0. The first-order chi connectivity index (χ1) is 14.1. The average molecular weight is 399 g/mol. The van der Waals surface area contributed by atoms with Crippen LogP contribution in [0.4, 0.5) is 4.39 Å². The largest absolute Gasteiger partial charge is 0.206 e. The van der Waals surface area contributed by atoms with E-state index in [0.717, 1.165) is 27.8 Å². The molecule has 0 aromatic heterocycles. The van der Waals surface area contributed by atoms with Crippen LogP contribution in [0.25, 0.3) is 22.5 Å². The summed E-state index contributed by atoms with van der Waals surface area (Å²) < 4.78 is 16.1. The monoisotopic (exact) mass is 398 g/mol. The zero-order chi connectivity index (χ0) is 21.7. The Morgan fingerprint density at radius 3 is 1.80 bits per heavy atom. The molecule has 0 radical (unpaired) electrons. The van der Waals surface area contributed by atoms with Crippen LogP contribution in [0.3, 0.4) is 0 Å². The van der Waals surface area contributed by atoms with Crippen molar-refractivity contribution in [3.05, 3.63) is 94.5 Å². The van der Waals surface area contributed by atoms with Crippen LogP contribution in [0, 0.1) is 0 Å². The van der Waals surface area contributed by atoms with E-state index in [4.69, 9.17) is 0 Å². The molecule has 0 heterocycles. The second kappa shape index (κ2) is 7.23. The molecular weight excluding hydrogens is 367 g/mol. The van der Waals surface area contributed by atoms with E-state index >= 15 is 4.39 Å². The van der Waals surface area contributed by atoms with E-state index in [2.05, 4.69) is 77.9 Å². The molecule has 0 saturated carbocycles. The predicted molar refractivity (Wildman–Crippen MR) is 127 cm³/mol. The van der Waals surface area contributed by atoms with Crippen molar-refractivity contribution >= 4 is 11.4 Å². The molecule has 0 amide bonds. The third kappa shape index (κ3) is 3.74. The van der Waals surface area contributed by atoms with Gasteiger partial charge in [0.15, 0.2) is 0 Å². The number of allylic oxidation sites excluding steroid dienone is 1. The maximum absolute atomic E-state index is 16.1. The van der Waals surface area contributed by atoms with E-state index in [9.17, 15) is 0 Å². The maximum Gasteiger partial charge on any atom is 0.135 e. The summed E-state index contributed by atoms with van der Waals surface area (Å²) in [5.41, 5.74) is 8.21. The highest BCUT2D eigenvalue weighted by atomic mass is 19.1. The number of fused-ring (bicyclic) bond motifs is 3. The van der Waals surface area contributed by atoms with Crippen molar-refractivity contribution in [2.24, 2.45) is 0 Å². The number of hydrogen-bond acceptors (Lipinski definition) is 0. The van der Waals surface area contributed by atoms with Crippen LogP contribution in [0.2, 0.25) is 0 Å². The van der Waals surface area contributed by atoms with E-state index in [1.54, 1.807) is 0 Å². The Labute approximate surface area is 180 Å². The van der Waals surface area contributed by atoms with Gasteiger partial charge in [-0.15, -0.1) is 0 Å². The summed E-state index contributed by atoms with van der Waals surface area (Å²) in [7, 11) is 0. The van der Waals surface area contributed by atoms with E-state index in [0.29, 0.717) is 12.0 Å². The minimum absolute atomic E-state index is 0.0343. The lowest BCUT2D eigenvalue weighted by molar-refractivity contribution is 0.589. The molecule has 0 bridgehead atoms. The molecule has 0 fully saturated rings. The van der Waals surface area contributed by atoms with Gasteiger partial charge in [-0.2, -0.15) is 0 Å². The standard InChI is InChI=1S/C29H31F/c1-28(2,3)21-12-14-23-20(16-21)17-25(19-10-8-7-9-11-19)27(30)26-18-22(29(4,5)6)13-15-24(23)26/h7-16,18H,17H2,1-6H3. The molecule has 3 aromatic rings. The molecule has 30 heavy (non-hydrogen) atoms. The number of rotatable bonds is 1. The smallest absolute Gasteiger partial charge is 0.135 e. The van der Waals surface area contributed by atoms with Gasteiger partial charge in [-0.05, 0) is 50.3 Å². The zero-order valence-electron chi connectivity index (χ0n) is 18.9. The summed E-state index contributed by atoms with van der Waals surface area (Å²) >= 11 is 0. The third-order valence-electron chi connectivity index (χ3n) is 6.14. The molecule has 1 heteroatoms. The van der Waals surface area contributed by atoms with Crippen molar-refractivity contribution in [2.75, 3.05) is 0 Å². The van der Waals surface area contributed by atoms with E-state index in [1.165, 1.54) is 11.1 Å². The SMILES string of the molecule is CC(C)(C)c1ccc2c(c1)CC(c1ccccc1)=C(F)c1cc(C(C)(C)C)ccc1-2. The predicted octanol–water partition coefficient (Wildman–Crippen LogP) is 8.34. The highest BCUT2D eigenvalue weighted by Gasteiger charge is 2.26. The Kier molecular flexibility index (Phi) is 4.97. The summed E-state index contributed by atoms with van der Waals surface area (Å²) in [6.45, 7) is 13.2. The Balaban J connectivity index is 2.02. The minimum Gasteiger partial charge on any atom is -0.206 e. The molecule has 0 spiro atoms. The van der Waals surface area contributed by atoms with Crippen LogP contribution < -0.4 is 0 Å². The average Bonchev–Trinajstić information content (AvgIpc) is 2.82. The number of hydrogen-bond donors (Lipinski definition) is 0. The van der Waals surface area contributed by atoms with Crippen molar-refractivity contribution < 1.29 is 4.39 Å². The Morgan fingerprint density at radius 2 is 1.20 bits per heavy atom. The van der Waals surface area contributed by atoms with Gasteiger partial charge < -0.3 is 0 Å². The molecule has 0 unspecified atom stereocenters. The van der Waals surface area contributed by atoms with Crippen molar-refractivity contribution in [1.29, 1.82) is 0 Å². The number of benzene rings is 3. The lowest BCUT2D eigenvalue weighted by atomic mass is 9.82. The van der Waals surface area contributed by atoms with Gasteiger partial charge in [0.1, 0.15) is 5.83 Å². The van der Waals surface area contributed by atoms with Crippen LogP contribution in [-0.2, 0) is 17.3 Å². The second-order valence-corrected chi connectivity index (χ2v) is 10.5. The Bertz CT molecular complexity index is 1120. The summed E-state index contributed by atoms with van der Waals surface area (Å²) in [6.07, 6.45) is 0.592. The van der Waals surface area contributed by atoms with Crippen molar-refractivity contribution in [2.45, 2.75) is 58.8 Å².